The maximum absolute atomic E-state index is 12.0. The zero-order valence-electron chi connectivity index (χ0n) is 14.9. The fraction of sp³-hybridized carbons (Fsp3) is 0.174. The molecule has 0 aromatic heterocycles. The maximum atomic E-state index is 12.0. The normalized spacial score (nSPS) is 19.1. The third-order valence-corrected chi connectivity index (χ3v) is 5.02. The van der Waals surface area contributed by atoms with Crippen molar-refractivity contribution in [3.05, 3.63) is 95.1 Å². The van der Waals surface area contributed by atoms with Crippen LogP contribution < -0.4 is 5.32 Å². The molecule has 3 aromatic carbocycles. The molecule has 0 radical (unpaired) electrons. The molecule has 0 saturated carbocycles. The van der Waals surface area contributed by atoms with E-state index in [-0.39, 0.29) is 18.2 Å². The summed E-state index contributed by atoms with van der Waals surface area (Å²) in [4.78, 5) is 12.0. The Morgan fingerprint density at radius 3 is 2.31 bits per heavy atom. The number of rotatable bonds is 3. The predicted molar refractivity (Wildman–Crippen MR) is 103 cm³/mol. The van der Waals surface area contributed by atoms with E-state index >= 15 is 0 Å². The van der Waals surface area contributed by atoms with Crippen LogP contribution in [0.1, 0.15) is 34.4 Å². The Kier molecular flexibility index (Phi) is 4.21. The molecule has 1 fully saturated rings. The molecule has 1 amide bonds. The van der Waals surface area contributed by atoms with Gasteiger partial charge in [-0.1, -0.05) is 66.7 Å². The van der Waals surface area contributed by atoms with E-state index in [2.05, 4.69) is 55.6 Å². The Morgan fingerprint density at radius 1 is 0.769 bits per heavy atom. The van der Waals surface area contributed by atoms with E-state index in [1.165, 1.54) is 11.1 Å². The van der Waals surface area contributed by atoms with Gasteiger partial charge in [0.2, 0.25) is 0 Å². The van der Waals surface area contributed by atoms with Crippen molar-refractivity contribution in [2.75, 3.05) is 0 Å². The first kappa shape index (κ1) is 16.4. The number of alkyl carbamates (subject to hydrolysis) is 1. The fourth-order valence-corrected chi connectivity index (χ4v) is 3.42. The highest BCUT2D eigenvalue weighted by Crippen LogP contribution is 2.38. The zero-order valence-corrected chi connectivity index (χ0v) is 14.9. The van der Waals surface area contributed by atoms with Gasteiger partial charge in [0.25, 0.3) is 0 Å². The second-order valence-electron chi connectivity index (χ2n) is 6.78. The molecule has 0 bridgehead atoms. The number of carbonyl (C=O) groups excluding carboxylic acids is 1. The number of ether oxygens (including phenoxy) is 1. The Hall–Kier alpha value is -3.07. The van der Waals surface area contributed by atoms with E-state index in [0.717, 1.165) is 22.3 Å². The minimum atomic E-state index is -0.372. The Morgan fingerprint density at radius 2 is 1.54 bits per heavy atom. The van der Waals surface area contributed by atoms with Crippen molar-refractivity contribution in [1.29, 1.82) is 0 Å². The molecule has 3 nitrogen and oxygen atoms in total. The lowest BCUT2D eigenvalue weighted by Gasteiger charge is -2.19. The van der Waals surface area contributed by atoms with Crippen LogP contribution in [0.5, 0.6) is 0 Å². The second-order valence-corrected chi connectivity index (χ2v) is 6.78. The van der Waals surface area contributed by atoms with Gasteiger partial charge < -0.3 is 10.1 Å². The molecule has 4 rings (SSSR count). The molecule has 0 spiro atoms. The van der Waals surface area contributed by atoms with Crippen LogP contribution >= 0.6 is 0 Å². The second kappa shape index (κ2) is 6.68. The van der Waals surface area contributed by atoms with Crippen LogP contribution in [0.2, 0.25) is 0 Å². The quantitative estimate of drug-likeness (QED) is 0.682. The van der Waals surface area contributed by atoms with Crippen molar-refractivity contribution >= 4 is 6.09 Å². The van der Waals surface area contributed by atoms with Gasteiger partial charge in [-0.15, -0.1) is 0 Å². The monoisotopic (exact) mass is 343 g/mol. The molecule has 1 aliphatic rings. The SMILES string of the molecule is Cc1ccc(C2OC(=O)N[C@@H]2c2cccc(-c3ccccc3)c2)cc1C. The number of hydrogen-bond donors (Lipinski definition) is 1. The highest BCUT2D eigenvalue weighted by Gasteiger charge is 2.36. The number of aryl methyl sites for hydroxylation is 2. The lowest BCUT2D eigenvalue weighted by molar-refractivity contribution is 0.132. The van der Waals surface area contributed by atoms with Crippen molar-refractivity contribution in [3.8, 4) is 11.1 Å². The van der Waals surface area contributed by atoms with Crippen LogP contribution in [-0.2, 0) is 4.74 Å². The number of carbonyl (C=O) groups is 1. The molecule has 130 valence electrons. The van der Waals surface area contributed by atoms with Crippen molar-refractivity contribution < 1.29 is 9.53 Å². The highest BCUT2D eigenvalue weighted by molar-refractivity contribution is 5.72. The molecule has 26 heavy (non-hydrogen) atoms. The van der Waals surface area contributed by atoms with Gasteiger partial charge in [0, 0.05) is 0 Å². The summed E-state index contributed by atoms with van der Waals surface area (Å²) in [5.74, 6) is 0. The van der Waals surface area contributed by atoms with E-state index in [1.807, 2.05) is 36.4 Å². The number of amides is 1. The largest absolute Gasteiger partial charge is 0.439 e. The van der Waals surface area contributed by atoms with Crippen molar-refractivity contribution in [3.63, 3.8) is 0 Å². The summed E-state index contributed by atoms with van der Waals surface area (Å²) in [5, 5.41) is 2.97. The van der Waals surface area contributed by atoms with Gasteiger partial charge >= 0.3 is 6.09 Å². The van der Waals surface area contributed by atoms with Gasteiger partial charge in [0.15, 0.2) is 6.10 Å². The predicted octanol–water partition coefficient (Wildman–Crippen LogP) is 5.49. The third-order valence-electron chi connectivity index (χ3n) is 5.02. The van der Waals surface area contributed by atoms with Crippen LogP contribution in [0, 0.1) is 13.8 Å². The van der Waals surface area contributed by atoms with Crippen LogP contribution in [-0.4, -0.2) is 6.09 Å². The van der Waals surface area contributed by atoms with Crippen molar-refractivity contribution in [2.24, 2.45) is 0 Å². The molecule has 1 aliphatic heterocycles. The number of benzene rings is 3. The van der Waals surface area contributed by atoms with E-state index in [0.29, 0.717) is 0 Å². The highest BCUT2D eigenvalue weighted by atomic mass is 16.6. The minimum Gasteiger partial charge on any atom is -0.439 e. The molecular formula is C23H21NO2. The average Bonchev–Trinajstić information content (AvgIpc) is 3.07. The summed E-state index contributed by atoms with van der Waals surface area (Å²) >= 11 is 0. The van der Waals surface area contributed by atoms with E-state index in [4.69, 9.17) is 4.74 Å². The molecular weight excluding hydrogens is 322 g/mol. The number of nitrogens with one attached hydrogen (secondary N) is 1. The first-order chi connectivity index (χ1) is 12.6. The van der Waals surface area contributed by atoms with Crippen molar-refractivity contribution in [1.82, 2.24) is 5.32 Å². The first-order valence-electron chi connectivity index (χ1n) is 8.81. The van der Waals surface area contributed by atoms with Crippen LogP contribution in [0.25, 0.3) is 11.1 Å². The Bertz CT molecular complexity index is 949. The molecule has 3 aromatic rings. The summed E-state index contributed by atoms with van der Waals surface area (Å²) in [6.07, 6.45) is -0.698. The Labute approximate surface area is 153 Å². The van der Waals surface area contributed by atoms with Crippen LogP contribution in [0.3, 0.4) is 0 Å². The van der Waals surface area contributed by atoms with Gasteiger partial charge in [-0.25, -0.2) is 4.79 Å². The van der Waals surface area contributed by atoms with E-state index in [1.54, 1.807) is 0 Å². The van der Waals surface area contributed by atoms with Crippen molar-refractivity contribution in [2.45, 2.75) is 26.0 Å². The molecule has 0 aliphatic carbocycles. The molecule has 2 atom stereocenters. The van der Waals surface area contributed by atoms with Gasteiger partial charge in [0.1, 0.15) is 0 Å². The molecule has 1 unspecified atom stereocenters. The van der Waals surface area contributed by atoms with Gasteiger partial charge in [-0.2, -0.15) is 0 Å². The molecule has 1 saturated heterocycles. The fourth-order valence-electron chi connectivity index (χ4n) is 3.42. The lowest BCUT2D eigenvalue weighted by atomic mass is 9.92. The summed E-state index contributed by atoms with van der Waals surface area (Å²) in [6, 6.07) is 24.5. The van der Waals surface area contributed by atoms with Gasteiger partial charge in [-0.05, 0) is 53.3 Å². The Balaban J connectivity index is 1.71. The number of cyclic esters (lactones) is 1. The molecule has 3 heteroatoms. The van der Waals surface area contributed by atoms with Crippen LogP contribution in [0.4, 0.5) is 4.79 Å². The summed E-state index contributed by atoms with van der Waals surface area (Å²) < 4.78 is 5.60. The van der Waals surface area contributed by atoms with Gasteiger partial charge in [0.05, 0.1) is 6.04 Å². The maximum Gasteiger partial charge on any atom is 0.408 e. The number of hydrogen-bond acceptors (Lipinski definition) is 2. The van der Waals surface area contributed by atoms with E-state index in [9.17, 15) is 4.79 Å². The first-order valence-corrected chi connectivity index (χ1v) is 8.81. The van der Waals surface area contributed by atoms with Crippen LogP contribution in [0.15, 0.2) is 72.8 Å². The standard InChI is InChI=1S/C23H21NO2/c1-15-11-12-20(13-16(15)2)22-21(24-23(25)26-22)19-10-6-9-18(14-19)17-7-4-3-5-8-17/h3-14,21-22H,1-2H3,(H,24,25)/t21-,22?/m1/s1. The zero-order chi connectivity index (χ0) is 18.1. The summed E-state index contributed by atoms with van der Waals surface area (Å²) in [7, 11) is 0. The average molecular weight is 343 g/mol. The molecule has 1 N–H and O–H groups in total. The van der Waals surface area contributed by atoms with E-state index < -0.39 is 0 Å². The topological polar surface area (TPSA) is 38.3 Å². The smallest absolute Gasteiger partial charge is 0.408 e. The molecule has 1 heterocycles. The summed E-state index contributed by atoms with van der Waals surface area (Å²) in [6.45, 7) is 4.16. The minimum absolute atomic E-state index is 0.201. The summed E-state index contributed by atoms with van der Waals surface area (Å²) in [5.41, 5.74) is 6.77. The lowest BCUT2D eigenvalue weighted by Crippen LogP contribution is -2.19. The van der Waals surface area contributed by atoms with Gasteiger partial charge in [-0.3, -0.25) is 0 Å². The third kappa shape index (κ3) is 3.08.